The first-order chi connectivity index (χ1) is 17.2. The predicted molar refractivity (Wildman–Crippen MR) is 127 cm³/mol. The van der Waals surface area contributed by atoms with Crippen LogP contribution in [0.25, 0.3) is 11.1 Å². The molecule has 1 saturated heterocycles. The van der Waals surface area contributed by atoms with Crippen LogP contribution in [-0.2, 0) is 6.54 Å². The first-order valence-electron chi connectivity index (χ1n) is 11.0. The van der Waals surface area contributed by atoms with Crippen LogP contribution < -0.4 is 20.3 Å². The quantitative estimate of drug-likeness (QED) is 0.431. The monoisotopic (exact) mass is 515 g/mol. The number of hydrogen-bond donors (Lipinski definition) is 3. The molecular weight excluding hydrogens is 496 g/mol. The van der Waals surface area contributed by atoms with Crippen LogP contribution in [-0.4, -0.2) is 51.7 Å². The number of nitrogens with zero attached hydrogens (tertiary/aromatic N) is 3. The van der Waals surface area contributed by atoms with Crippen LogP contribution in [0.2, 0.25) is 0 Å². The van der Waals surface area contributed by atoms with Crippen LogP contribution in [0.15, 0.2) is 48.8 Å². The van der Waals surface area contributed by atoms with Crippen LogP contribution in [0, 0.1) is 0 Å². The number of rotatable bonds is 6. The van der Waals surface area contributed by atoms with Gasteiger partial charge in [0.25, 0.3) is 11.8 Å². The zero-order valence-corrected chi connectivity index (χ0v) is 19.4. The van der Waals surface area contributed by atoms with Gasteiger partial charge < -0.3 is 25.4 Å². The highest BCUT2D eigenvalue weighted by Crippen LogP contribution is 2.33. The number of amides is 2. The van der Waals surface area contributed by atoms with Gasteiger partial charge in [-0.05, 0) is 42.8 Å². The Balaban J connectivity index is 1.44. The molecule has 2 amide bonds. The second-order valence-electron chi connectivity index (χ2n) is 8.41. The van der Waals surface area contributed by atoms with Crippen molar-refractivity contribution in [3.8, 4) is 16.9 Å². The summed E-state index contributed by atoms with van der Waals surface area (Å²) in [7, 11) is 0. The van der Waals surface area contributed by atoms with Crippen molar-refractivity contribution in [3.63, 3.8) is 0 Å². The van der Waals surface area contributed by atoms with Crippen molar-refractivity contribution in [2.24, 2.45) is 0 Å². The Morgan fingerprint density at radius 1 is 1.19 bits per heavy atom. The number of alkyl halides is 3. The molecule has 1 fully saturated rings. The number of anilines is 2. The fourth-order valence-electron chi connectivity index (χ4n) is 4.16. The number of nitrogens with one attached hydrogen (secondary N) is 2. The van der Waals surface area contributed by atoms with Crippen LogP contribution in [0.4, 0.5) is 20.3 Å². The lowest BCUT2D eigenvalue weighted by atomic mass is 10.0. The van der Waals surface area contributed by atoms with E-state index in [4.69, 9.17) is 11.6 Å². The number of halogens is 3. The molecule has 0 bridgehead atoms. The van der Waals surface area contributed by atoms with E-state index in [-0.39, 0.29) is 17.2 Å². The van der Waals surface area contributed by atoms with Gasteiger partial charge in [-0.25, -0.2) is 4.98 Å². The normalized spacial score (nSPS) is 17.1. The number of β-amino-alcohol motifs (C(OH)–C–C–N with tert-alkyl or cyclic N) is 1. The molecular formula is C24H20ClF2N5O4. The summed E-state index contributed by atoms with van der Waals surface area (Å²) >= 11 is 4.77. The Kier molecular flexibility index (Phi) is 6.19. The van der Waals surface area contributed by atoms with Crippen molar-refractivity contribution >= 4 is 34.9 Å². The predicted octanol–water partition coefficient (Wildman–Crippen LogP) is 3.38. The van der Waals surface area contributed by atoms with Gasteiger partial charge in [-0.15, -0.1) is 8.78 Å². The number of hydrogen-bond acceptors (Lipinski definition) is 7. The molecule has 186 valence electrons. The summed E-state index contributed by atoms with van der Waals surface area (Å²) in [4.78, 5) is 36.0. The molecule has 0 saturated carbocycles. The third-order valence-electron chi connectivity index (χ3n) is 5.88. The largest absolute Gasteiger partial charge is 0.487 e. The van der Waals surface area contributed by atoms with Gasteiger partial charge in [0.1, 0.15) is 11.6 Å². The third kappa shape index (κ3) is 5.07. The minimum Gasteiger partial charge on any atom is -0.420 e. The van der Waals surface area contributed by atoms with Crippen molar-refractivity contribution in [2.75, 3.05) is 23.3 Å². The molecule has 9 nitrogen and oxygen atoms in total. The van der Waals surface area contributed by atoms with Crippen LogP contribution in [0.3, 0.4) is 0 Å². The van der Waals surface area contributed by atoms with E-state index in [0.717, 1.165) is 0 Å². The van der Waals surface area contributed by atoms with Crippen molar-refractivity contribution < 1.29 is 28.2 Å². The number of ether oxygens (including phenoxy) is 1. The topological polar surface area (TPSA) is 117 Å². The molecule has 3 aromatic rings. The number of aromatic nitrogens is 2. The highest BCUT2D eigenvalue weighted by atomic mass is 35.5. The van der Waals surface area contributed by atoms with Crippen LogP contribution >= 0.6 is 11.6 Å². The zero-order chi connectivity index (χ0) is 25.4. The van der Waals surface area contributed by atoms with Crippen molar-refractivity contribution in [1.82, 2.24) is 15.3 Å². The standard InChI is InChI=1S/C24H20ClF2N5O4/c25-24(26,27)36-17-3-1-15(2-4-17)31-22(34)14-8-18(21(29-10-14)32-6-5-16(33)12-32)13-7-19-20(28-9-13)11-30-23(19)35/h1-4,7-10,16,33H,5-6,11-12H2,(H,30,35)(H,31,34)/t16-/m0/s1. The summed E-state index contributed by atoms with van der Waals surface area (Å²) in [5, 5.41) is 15.4. The van der Waals surface area contributed by atoms with Crippen LogP contribution in [0.5, 0.6) is 5.75 Å². The highest BCUT2D eigenvalue weighted by molar-refractivity contribution is 6.20. The van der Waals surface area contributed by atoms with Gasteiger partial charge in [-0.1, -0.05) is 0 Å². The number of carbonyl (C=O) groups excluding carboxylic acids is 2. The Hall–Kier alpha value is -3.83. The molecule has 36 heavy (non-hydrogen) atoms. The second-order valence-corrected chi connectivity index (χ2v) is 8.85. The van der Waals surface area contributed by atoms with E-state index in [0.29, 0.717) is 59.9 Å². The van der Waals surface area contributed by atoms with Gasteiger partial charge in [0.15, 0.2) is 0 Å². The van der Waals surface area contributed by atoms with E-state index in [9.17, 15) is 23.5 Å². The van der Waals surface area contributed by atoms with Gasteiger partial charge in [0, 0.05) is 53.9 Å². The highest BCUT2D eigenvalue weighted by Gasteiger charge is 2.28. The average molecular weight is 516 g/mol. The minimum atomic E-state index is -3.84. The lowest BCUT2D eigenvalue weighted by molar-refractivity contribution is -0.0964. The van der Waals surface area contributed by atoms with Gasteiger partial charge in [-0.2, -0.15) is 0 Å². The molecule has 12 heteroatoms. The first-order valence-corrected chi connectivity index (χ1v) is 11.4. The smallest absolute Gasteiger partial charge is 0.420 e. The maximum atomic E-state index is 13.0. The summed E-state index contributed by atoms with van der Waals surface area (Å²) in [6, 6.07) is 8.65. The van der Waals surface area contributed by atoms with E-state index in [1.54, 1.807) is 18.3 Å². The third-order valence-corrected chi connectivity index (χ3v) is 5.96. The zero-order valence-electron chi connectivity index (χ0n) is 18.7. The Labute approximate surface area is 209 Å². The molecule has 4 heterocycles. The van der Waals surface area contributed by atoms with E-state index in [1.807, 2.05) is 4.90 Å². The number of aliphatic hydroxyl groups is 1. The van der Waals surface area contributed by atoms with Gasteiger partial charge in [-0.3, -0.25) is 14.6 Å². The van der Waals surface area contributed by atoms with Crippen LogP contribution in [0.1, 0.15) is 32.8 Å². The Morgan fingerprint density at radius 2 is 1.97 bits per heavy atom. The maximum Gasteiger partial charge on any atom is 0.487 e. The van der Waals surface area contributed by atoms with Crippen molar-refractivity contribution in [1.29, 1.82) is 0 Å². The van der Waals surface area contributed by atoms with E-state index < -0.39 is 17.6 Å². The summed E-state index contributed by atoms with van der Waals surface area (Å²) in [6.45, 7) is 1.33. The first kappa shape index (κ1) is 23.9. The van der Waals surface area contributed by atoms with E-state index >= 15 is 0 Å². The summed E-state index contributed by atoms with van der Waals surface area (Å²) in [5.41, 5.74) is -0.983. The lowest BCUT2D eigenvalue weighted by Gasteiger charge is -2.21. The van der Waals surface area contributed by atoms with Gasteiger partial charge in [0.2, 0.25) is 0 Å². The molecule has 1 atom stereocenters. The fourth-order valence-corrected chi connectivity index (χ4v) is 4.25. The van der Waals surface area contributed by atoms with Crippen molar-refractivity contribution in [3.05, 3.63) is 65.6 Å². The molecule has 5 rings (SSSR count). The number of pyridine rings is 2. The lowest BCUT2D eigenvalue weighted by Crippen LogP contribution is -2.23. The molecule has 2 aliphatic rings. The Morgan fingerprint density at radius 3 is 2.67 bits per heavy atom. The number of aliphatic hydroxyl groups excluding tert-OH is 1. The summed E-state index contributed by atoms with van der Waals surface area (Å²) < 4.78 is 29.9. The molecule has 0 spiro atoms. The Bertz CT molecular complexity index is 1330. The maximum absolute atomic E-state index is 13.0. The molecule has 0 radical (unpaired) electrons. The SMILES string of the molecule is O=C(Nc1ccc(OC(F)(F)Cl)cc1)c1cnc(N2CC[C@H](O)C2)c(-c2cnc3c(c2)C(=O)NC3)c1. The molecule has 0 unspecified atom stereocenters. The summed E-state index contributed by atoms with van der Waals surface area (Å²) in [5.74, 6) is -0.312. The van der Waals surface area contributed by atoms with Crippen molar-refractivity contribution in [2.45, 2.75) is 24.6 Å². The van der Waals surface area contributed by atoms with E-state index in [1.165, 1.54) is 30.5 Å². The molecule has 2 aliphatic heterocycles. The molecule has 2 aromatic heterocycles. The van der Waals surface area contributed by atoms with Gasteiger partial charge >= 0.3 is 5.57 Å². The molecule has 1 aromatic carbocycles. The molecule has 3 N–H and O–H groups in total. The molecule has 0 aliphatic carbocycles. The number of fused-ring (bicyclic) bond motifs is 1. The average Bonchev–Trinajstić information content (AvgIpc) is 3.44. The second kappa shape index (κ2) is 9.32. The minimum absolute atomic E-state index is 0.165. The van der Waals surface area contributed by atoms with E-state index in [2.05, 4.69) is 25.3 Å². The fraction of sp³-hybridized carbons (Fsp3) is 0.250. The van der Waals surface area contributed by atoms with Gasteiger partial charge in [0.05, 0.1) is 29.5 Å². The number of benzene rings is 1. The number of carbonyl (C=O) groups is 2. The summed E-state index contributed by atoms with van der Waals surface area (Å²) in [6.07, 6.45) is 3.14.